The standard InChI is InChI=1S/C32H39BrN2O3/c1-5-6-19-34-31(37)29(21-24-11-8-7-9-12-24)35(22-25-13-10-14-27(33)20-25)30(36)23-38-28-17-15-26(16-18-28)32(2,3)4/h7-18,20,29H,5-6,19,21-23H2,1-4H3,(H,34,37)/t29-/m0/s1. The van der Waals surface area contributed by atoms with E-state index in [1.54, 1.807) is 4.90 Å². The molecule has 5 nitrogen and oxygen atoms in total. The number of hydrogen-bond donors (Lipinski definition) is 1. The first-order chi connectivity index (χ1) is 18.2. The van der Waals surface area contributed by atoms with Gasteiger partial charge in [-0.25, -0.2) is 0 Å². The minimum atomic E-state index is -0.674. The lowest BCUT2D eigenvalue weighted by Crippen LogP contribution is -2.51. The number of benzene rings is 3. The molecule has 0 heterocycles. The van der Waals surface area contributed by atoms with Gasteiger partial charge in [0.25, 0.3) is 5.91 Å². The molecule has 0 saturated heterocycles. The Hall–Kier alpha value is -3.12. The van der Waals surface area contributed by atoms with E-state index < -0.39 is 6.04 Å². The van der Waals surface area contributed by atoms with E-state index in [1.807, 2.05) is 78.9 Å². The number of carbonyl (C=O) groups excluding carboxylic acids is 2. The van der Waals surface area contributed by atoms with Crippen LogP contribution >= 0.6 is 15.9 Å². The lowest BCUT2D eigenvalue weighted by atomic mass is 9.87. The summed E-state index contributed by atoms with van der Waals surface area (Å²) in [4.78, 5) is 28.8. The first-order valence-corrected chi connectivity index (χ1v) is 14.1. The van der Waals surface area contributed by atoms with Gasteiger partial charge in [-0.05, 0) is 52.8 Å². The zero-order chi connectivity index (χ0) is 27.5. The monoisotopic (exact) mass is 578 g/mol. The van der Waals surface area contributed by atoms with E-state index in [9.17, 15) is 9.59 Å². The van der Waals surface area contributed by atoms with Gasteiger partial charge in [0.2, 0.25) is 5.91 Å². The van der Waals surface area contributed by atoms with Crippen molar-refractivity contribution in [2.75, 3.05) is 13.2 Å². The van der Waals surface area contributed by atoms with Crippen LogP contribution in [-0.2, 0) is 28.0 Å². The highest BCUT2D eigenvalue weighted by molar-refractivity contribution is 9.10. The molecule has 38 heavy (non-hydrogen) atoms. The summed E-state index contributed by atoms with van der Waals surface area (Å²) in [6.07, 6.45) is 2.28. The van der Waals surface area contributed by atoms with E-state index in [0.717, 1.165) is 28.4 Å². The van der Waals surface area contributed by atoms with Gasteiger partial charge in [-0.3, -0.25) is 9.59 Å². The van der Waals surface area contributed by atoms with Crippen molar-refractivity contribution in [3.63, 3.8) is 0 Å². The van der Waals surface area contributed by atoms with E-state index in [0.29, 0.717) is 25.3 Å². The molecule has 3 rings (SSSR count). The highest BCUT2D eigenvalue weighted by atomic mass is 79.9. The van der Waals surface area contributed by atoms with Crippen molar-refractivity contribution in [1.29, 1.82) is 0 Å². The predicted molar refractivity (Wildman–Crippen MR) is 157 cm³/mol. The molecule has 0 aliphatic rings. The molecule has 2 amide bonds. The maximum Gasteiger partial charge on any atom is 0.261 e. The Labute approximate surface area is 235 Å². The van der Waals surface area contributed by atoms with Gasteiger partial charge in [0.15, 0.2) is 6.61 Å². The lowest BCUT2D eigenvalue weighted by molar-refractivity contribution is -0.142. The predicted octanol–water partition coefficient (Wildman–Crippen LogP) is 6.68. The maximum absolute atomic E-state index is 13.7. The van der Waals surface area contributed by atoms with Gasteiger partial charge in [0, 0.05) is 24.0 Å². The summed E-state index contributed by atoms with van der Waals surface area (Å²) in [6.45, 7) is 9.28. The SMILES string of the molecule is CCCCNC(=O)[C@H](Cc1ccccc1)N(Cc1cccc(Br)c1)C(=O)COc1ccc(C(C)(C)C)cc1. The van der Waals surface area contributed by atoms with Crippen LogP contribution in [0.4, 0.5) is 0 Å². The summed E-state index contributed by atoms with van der Waals surface area (Å²) in [6, 6.07) is 24.8. The molecule has 3 aromatic carbocycles. The summed E-state index contributed by atoms with van der Waals surface area (Å²) in [5.74, 6) is 0.234. The molecule has 0 radical (unpaired) electrons. The fourth-order valence-electron chi connectivity index (χ4n) is 4.17. The van der Waals surface area contributed by atoms with Crippen LogP contribution in [0.3, 0.4) is 0 Å². The number of amides is 2. The highest BCUT2D eigenvalue weighted by Gasteiger charge is 2.30. The molecule has 3 aromatic rings. The fourth-order valence-corrected chi connectivity index (χ4v) is 4.62. The number of hydrogen-bond acceptors (Lipinski definition) is 3. The second kappa shape index (κ2) is 14.1. The van der Waals surface area contributed by atoms with Crippen LogP contribution in [0.2, 0.25) is 0 Å². The van der Waals surface area contributed by atoms with Crippen molar-refractivity contribution in [2.45, 2.75) is 65.0 Å². The van der Waals surface area contributed by atoms with Crippen molar-refractivity contribution in [3.05, 3.63) is 100 Å². The van der Waals surface area contributed by atoms with Crippen molar-refractivity contribution >= 4 is 27.7 Å². The summed E-state index contributed by atoms with van der Waals surface area (Å²) in [5, 5.41) is 3.05. The van der Waals surface area contributed by atoms with Crippen LogP contribution in [0, 0.1) is 0 Å². The van der Waals surface area contributed by atoms with Crippen LogP contribution in [0.5, 0.6) is 5.75 Å². The lowest BCUT2D eigenvalue weighted by Gasteiger charge is -2.31. The fraction of sp³-hybridized carbons (Fsp3) is 0.375. The first-order valence-electron chi connectivity index (χ1n) is 13.3. The third-order valence-electron chi connectivity index (χ3n) is 6.43. The van der Waals surface area contributed by atoms with Crippen LogP contribution in [0.15, 0.2) is 83.3 Å². The van der Waals surface area contributed by atoms with Gasteiger partial charge >= 0.3 is 0 Å². The number of ether oxygens (including phenoxy) is 1. The molecular weight excluding hydrogens is 540 g/mol. The van der Waals surface area contributed by atoms with E-state index >= 15 is 0 Å². The van der Waals surface area contributed by atoms with Crippen molar-refractivity contribution in [1.82, 2.24) is 10.2 Å². The van der Waals surface area contributed by atoms with E-state index in [-0.39, 0.29) is 23.8 Å². The molecule has 0 aliphatic heterocycles. The topological polar surface area (TPSA) is 58.6 Å². The highest BCUT2D eigenvalue weighted by Crippen LogP contribution is 2.24. The van der Waals surface area contributed by atoms with E-state index in [4.69, 9.17) is 4.74 Å². The molecule has 1 N–H and O–H groups in total. The number of carbonyl (C=O) groups is 2. The molecular formula is C32H39BrN2O3. The van der Waals surface area contributed by atoms with Gasteiger partial charge in [0.1, 0.15) is 11.8 Å². The van der Waals surface area contributed by atoms with Gasteiger partial charge < -0.3 is 15.0 Å². The second-order valence-electron chi connectivity index (χ2n) is 10.6. The average molecular weight is 580 g/mol. The number of nitrogens with one attached hydrogen (secondary N) is 1. The first kappa shape index (κ1) is 29.4. The number of nitrogens with zero attached hydrogens (tertiary/aromatic N) is 1. The third kappa shape index (κ3) is 9.02. The Morgan fingerprint density at radius 1 is 0.947 bits per heavy atom. The van der Waals surface area contributed by atoms with Crippen molar-refractivity contribution < 1.29 is 14.3 Å². The molecule has 0 unspecified atom stereocenters. The van der Waals surface area contributed by atoms with Gasteiger partial charge in [0.05, 0.1) is 0 Å². The smallest absolute Gasteiger partial charge is 0.261 e. The molecule has 6 heteroatoms. The van der Waals surface area contributed by atoms with Crippen molar-refractivity contribution in [2.24, 2.45) is 0 Å². The van der Waals surface area contributed by atoms with Gasteiger partial charge in [-0.2, -0.15) is 0 Å². The normalized spacial score (nSPS) is 12.0. The molecule has 1 atom stereocenters. The molecule has 0 saturated carbocycles. The Morgan fingerprint density at radius 3 is 2.26 bits per heavy atom. The zero-order valence-electron chi connectivity index (χ0n) is 22.9. The Morgan fingerprint density at radius 2 is 1.63 bits per heavy atom. The van der Waals surface area contributed by atoms with Crippen LogP contribution in [0.25, 0.3) is 0 Å². The summed E-state index contributed by atoms with van der Waals surface area (Å²) in [7, 11) is 0. The Balaban J connectivity index is 1.86. The molecule has 0 spiro atoms. The summed E-state index contributed by atoms with van der Waals surface area (Å²) < 4.78 is 6.85. The second-order valence-corrected chi connectivity index (χ2v) is 11.5. The number of rotatable bonds is 12. The summed E-state index contributed by atoms with van der Waals surface area (Å²) in [5.41, 5.74) is 3.15. The average Bonchev–Trinajstić information content (AvgIpc) is 2.89. The Kier molecular flexibility index (Phi) is 11.0. The van der Waals surface area contributed by atoms with Crippen LogP contribution in [-0.4, -0.2) is 35.9 Å². The Bertz CT molecular complexity index is 1170. The number of unbranched alkanes of at least 4 members (excludes halogenated alkanes) is 1. The van der Waals surface area contributed by atoms with Gasteiger partial charge in [-0.15, -0.1) is 0 Å². The number of halogens is 1. The quantitative estimate of drug-likeness (QED) is 0.244. The van der Waals surface area contributed by atoms with E-state index in [2.05, 4.69) is 48.9 Å². The largest absolute Gasteiger partial charge is 0.484 e. The van der Waals surface area contributed by atoms with Gasteiger partial charge in [-0.1, -0.05) is 105 Å². The molecule has 0 aliphatic carbocycles. The van der Waals surface area contributed by atoms with Crippen LogP contribution in [0.1, 0.15) is 57.2 Å². The van der Waals surface area contributed by atoms with Crippen LogP contribution < -0.4 is 10.1 Å². The summed E-state index contributed by atoms with van der Waals surface area (Å²) >= 11 is 3.52. The molecule has 0 fully saturated rings. The zero-order valence-corrected chi connectivity index (χ0v) is 24.5. The molecule has 0 aromatic heterocycles. The molecule has 202 valence electrons. The van der Waals surface area contributed by atoms with E-state index in [1.165, 1.54) is 5.56 Å². The molecule has 0 bridgehead atoms. The third-order valence-corrected chi connectivity index (χ3v) is 6.92. The van der Waals surface area contributed by atoms with Crippen molar-refractivity contribution in [3.8, 4) is 5.75 Å². The maximum atomic E-state index is 13.7. The minimum absolute atomic E-state index is 0.0326. The minimum Gasteiger partial charge on any atom is -0.484 e.